The third-order valence-electron chi connectivity index (χ3n) is 2.59. The van der Waals surface area contributed by atoms with Crippen LogP contribution in [0.3, 0.4) is 0 Å². The maximum absolute atomic E-state index is 12.5. The number of benzene rings is 2. The van der Waals surface area contributed by atoms with Crippen molar-refractivity contribution in [1.29, 1.82) is 0 Å². The fraction of sp³-hybridized carbons (Fsp3) is 0.0667. The summed E-state index contributed by atoms with van der Waals surface area (Å²) in [6, 6.07) is 13.8. The van der Waals surface area contributed by atoms with E-state index >= 15 is 0 Å². The topological polar surface area (TPSA) is 29.4 Å². The minimum absolute atomic E-state index is 0.0865. The molecular weight excluding hydrogens is 317 g/mol. The molecule has 2 aromatic rings. The lowest BCUT2D eigenvalue weighted by molar-refractivity contribution is 0.103. The molecule has 2 aromatic carbocycles. The molecule has 0 amide bonds. The van der Waals surface area contributed by atoms with E-state index in [9.17, 15) is 4.79 Å². The van der Waals surface area contributed by atoms with Crippen molar-refractivity contribution in [3.63, 3.8) is 0 Å². The Balaban J connectivity index is 2.50. The monoisotopic (exact) mass is 325 g/mol. The van der Waals surface area contributed by atoms with Gasteiger partial charge in [0.05, 0.1) is 11.6 Å². The van der Waals surface area contributed by atoms with Crippen molar-refractivity contribution in [2.24, 2.45) is 4.99 Å². The fourth-order valence-electron chi connectivity index (χ4n) is 1.69. The van der Waals surface area contributed by atoms with Crippen molar-refractivity contribution >= 4 is 51.4 Å². The van der Waals surface area contributed by atoms with Gasteiger partial charge in [-0.05, 0) is 18.2 Å². The molecule has 0 saturated carbocycles. The van der Waals surface area contributed by atoms with Crippen LogP contribution in [0, 0.1) is 0 Å². The Hall–Kier alpha value is -1.35. The average molecular weight is 327 g/mol. The predicted molar refractivity (Wildman–Crippen MR) is 85.0 cm³/mol. The van der Waals surface area contributed by atoms with Gasteiger partial charge in [-0.2, -0.15) is 0 Å². The second-order valence-corrected chi connectivity index (χ2v) is 5.12. The lowest BCUT2D eigenvalue weighted by atomic mass is 10.0. The second kappa shape index (κ2) is 6.89. The van der Waals surface area contributed by atoms with Crippen molar-refractivity contribution in [2.75, 3.05) is 5.88 Å². The number of rotatable bonds is 4. The summed E-state index contributed by atoms with van der Waals surface area (Å²) in [5, 5.41) is 0.682. The van der Waals surface area contributed by atoms with Crippen LogP contribution in [0.5, 0.6) is 0 Å². The van der Waals surface area contributed by atoms with E-state index in [2.05, 4.69) is 4.99 Å². The number of ketones is 1. The summed E-state index contributed by atoms with van der Waals surface area (Å²) in [6.45, 7) is 0. The number of carbonyl (C=O) groups is 1. The van der Waals surface area contributed by atoms with Crippen LogP contribution in [0.25, 0.3) is 0 Å². The molecule has 102 valence electrons. The van der Waals surface area contributed by atoms with Gasteiger partial charge in [-0.15, -0.1) is 11.6 Å². The van der Waals surface area contributed by atoms with Gasteiger partial charge in [-0.25, -0.2) is 4.99 Å². The van der Waals surface area contributed by atoms with E-state index in [1.807, 2.05) is 6.07 Å². The average Bonchev–Trinajstić information content (AvgIpc) is 2.49. The van der Waals surface area contributed by atoms with Gasteiger partial charge in [0.1, 0.15) is 5.17 Å². The molecule has 0 fully saturated rings. The quantitative estimate of drug-likeness (QED) is 0.438. The molecule has 2 rings (SSSR count). The Morgan fingerprint density at radius 1 is 1.10 bits per heavy atom. The maximum atomic E-state index is 12.5. The van der Waals surface area contributed by atoms with Crippen LogP contribution in [-0.2, 0) is 0 Å². The maximum Gasteiger partial charge on any atom is 0.195 e. The third-order valence-corrected chi connectivity index (χ3v) is 3.43. The van der Waals surface area contributed by atoms with E-state index in [1.165, 1.54) is 0 Å². The number of alkyl halides is 1. The summed E-state index contributed by atoms with van der Waals surface area (Å²) in [6.07, 6.45) is 0. The Morgan fingerprint density at radius 3 is 2.45 bits per heavy atom. The van der Waals surface area contributed by atoms with E-state index in [0.717, 1.165) is 0 Å². The Labute approximate surface area is 132 Å². The highest BCUT2D eigenvalue weighted by Crippen LogP contribution is 2.26. The van der Waals surface area contributed by atoms with Gasteiger partial charge >= 0.3 is 0 Å². The summed E-state index contributed by atoms with van der Waals surface area (Å²) in [7, 11) is 0. The van der Waals surface area contributed by atoms with Crippen LogP contribution in [-0.4, -0.2) is 16.8 Å². The van der Waals surface area contributed by atoms with Gasteiger partial charge in [0.2, 0.25) is 0 Å². The van der Waals surface area contributed by atoms with Crippen LogP contribution < -0.4 is 0 Å². The van der Waals surface area contributed by atoms with E-state index in [1.54, 1.807) is 42.5 Å². The first-order valence-corrected chi connectivity index (χ1v) is 7.09. The first kappa shape index (κ1) is 15.0. The molecule has 0 spiro atoms. The minimum atomic E-state index is -0.161. The van der Waals surface area contributed by atoms with Gasteiger partial charge in [-0.3, -0.25) is 4.79 Å². The first-order valence-electron chi connectivity index (χ1n) is 5.80. The Bertz CT molecular complexity index is 653. The van der Waals surface area contributed by atoms with Gasteiger partial charge in [-0.1, -0.05) is 53.5 Å². The summed E-state index contributed by atoms with van der Waals surface area (Å²) < 4.78 is 0. The molecule has 0 N–H and O–H groups in total. The van der Waals surface area contributed by atoms with Crippen molar-refractivity contribution in [1.82, 2.24) is 0 Å². The Morgan fingerprint density at radius 2 is 1.80 bits per heavy atom. The smallest absolute Gasteiger partial charge is 0.195 e. The molecule has 0 aliphatic rings. The lowest BCUT2D eigenvalue weighted by Crippen LogP contribution is -2.02. The molecule has 5 heteroatoms. The highest BCUT2D eigenvalue weighted by Gasteiger charge is 2.14. The highest BCUT2D eigenvalue weighted by molar-refractivity contribution is 6.69. The normalized spacial score (nSPS) is 11.4. The molecule has 0 bridgehead atoms. The number of aliphatic imine (C=N–C) groups is 1. The summed E-state index contributed by atoms with van der Waals surface area (Å²) in [5.41, 5.74) is 1.41. The zero-order chi connectivity index (χ0) is 14.5. The molecule has 0 saturated heterocycles. The van der Waals surface area contributed by atoms with Crippen LogP contribution in [0.2, 0.25) is 5.02 Å². The lowest BCUT2D eigenvalue weighted by Gasteiger charge is -2.06. The molecular formula is C15H10Cl3NO. The molecule has 0 aromatic heterocycles. The molecule has 0 aliphatic carbocycles. The number of nitrogens with zero attached hydrogens (tertiary/aromatic N) is 1. The van der Waals surface area contributed by atoms with E-state index in [0.29, 0.717) is 21.8 Å². The van der Waals surface area contributed by atoms with E-state index < -0.39 is 0 Å². The van der Waals surface area contributed by atoms with E-state index in [-0.39, 0.29) is 16.8 Å². The summed E-state index contributed by atoms with van der Waals surface area (Å²) >= 11 is 17.4. The van der Waals surface area contributed by atoms with Gasteiger partial charge in [0, 0.05) is 16.1 Å². The van der Waals surface area contributed by atoms with E-state index in [4.69, 9.17) is 34.8 Å². The molecule has 0 unspecified atom stereocenters. The molecule has 0 atom stereocenters. The van der Waals surface area contributed by atoms with Crippen molar-refractivity contribution < 1.29 is 4.79 Å². The number of hydrogen-bond acceptors (Lipinski definition) is 2. The van der Waals surface area contributed by atoms with Crippen molar-refractivity contribution in [2.45, 2.75) is 0 Å². The number of carbonyl (C=O) groups excluding carboxylic acids is 1. The zero-order valence-corrected chi connectivity index (χ0v) is 12.6. The summed E-state index contributed by atoms with van der Waals surface area (Å²) in [5.74, 6) is -0.0748. The molecule has 0 radical (unpaired) electrons. The zero-order valence-electron chi connectivity index (χ0n) is 10.3. The van der Waals surface area contributed by atoms with Gasteiger partial charge < -0.3 is 0 Å². The second-order valence-electron chi connectivity index (χ2n) is 3.98. The van der Waals surface area contributed by atoms with Crippen LogP contribution >= 0.6 is 34.8 Å². The number of halogens is 3. The molecule has 2 nitrogen and oxygen atoms in total. The molecule has 20 heavy (non-hydrogen) atoms. The van der Waals surface area contributed by atoms with Crippen molar-refractivity contribution in [3.8, 4) is 0 Å². The SMILES string of the molecule is O=C(c1ccccc1)c1cc(Cl)ccc1N=C(Cl)CCl. The molecule has 0 aliphatic heterocycles. The molecule has 0 heterocycles. The standard InChI is InChI=1S/C15H10Cl3NO/c16-9-14(18)19-13-7-6-11(17)8-12(13)15(20)10-4-2-1-3-5-10/h1-8H,9H2. The first-order chi connectivity index (χ1) is 9.61. The van der Waals surface area contributed by atoms with Crippen LogP contribution in [0.1, 0.15) is 15.9 Å². The van der Waals surface area contributed by atoms with Crippen LogP contribution in [0.4, 0.5) is 5.69 Å². The largest absolute Gasteiger partial charge is 0.289 e. The van der Waals surface area contributed by atoms with Gasteiger partial charge in [0.25, 0.3) is 0 Å². The van der Waals surface area contributed by atoms with Gasteiger partial charge in [0.15, 0.2) is 5.78 Å². The highest BCUT2D eigenvalue weighted by atomic mass is 35.5. The predicted octanol–water partition coefficient (Wildman–Crippen LogP) is 5.08. The minimum Gasteiger partial charge on any atom is -0.289 e. The van der Waals surface area contributed by atoms with Crippen LogP contribution in [0.15, 0.2) is 53.5 Å². The Kier molecular flexibility index (Phi) is 5.18. The summed E-state index contributed by atoms with van der Waals surface area (Å²) in [4.78, 5) is 16.6. The fourth-order valence-corrected chi connectivity index (χ4v) is 2.02. The number of hydrogen-bond donors (Lipinski definition) is 0. The van der Waals surface area contributed by atoms with Crippen molar-refractivity contribution in [3.05, 3.63) is 64.7 Å². The third kappa shape index (κ3) is 3.60.